The van der Waals surface area contributed by atoms with Gasteiger partial charge in [0.1, 0.15) is 11.3 Å². The minimum absolute atomic E-state index is 0.377. The van der Waals surface area contributed by atoms with Crippen LogP contribution < -0.4 is 10.5 Å². The van der Waals surface area contributed by atoms with Crippen LogP contribution in [-0.2, 0) is 4.74 Å². The van der Waals surface area contributed by atoms with Crippen LogP contribution in [0.2, 0.25) is 0 Å². The Kier molecular flexibility index (Phi) is 4.97. The zero-order valence-corrected chi connectivity index (χ0v) is 14.4. The summed E-state index contributed by atoms with van der Waals surface area (Å²) in [5, 5.41) is 0. The summed E-state index contributed by atoms with van der Waals surface area (Å²) in [5.74, 6) is 0.188. The number of nitrogen functional groups attached to an aromatic ring is 1. The SMILES string of the molecule is CCCOC(=O)c1cccc2nc3cc(N)c(OCCC)cc3nc12. The highest BCUT2D eigenvalue weighted by Crippen LogP contribution is 2.28. The molecule has 0 saturated carbocycles. The zero-order chi connectivity index (χ0) is 17.8. The summed E-state index contributed by atoms with van der Waals surface area (Å²) in [4.78, 5) is 21.5. The highest BCUT2D eigenvalue weighted by Gasteiger charge is 2.15. The Balaban J connectivity index is 2.12. The van der Waals surface area contributed by atoms with Crippen LogP contribution in [-0.4, -0.2) is 29.2 Å². The number of hydrogen-bond acceptors (Lipinski definition) is 6. The van der Waals surface area contributed by atoms with Gasteiger partial charge in [0.15, 0.2) is 0 Å². The fraction of sp³-hybridized carbons (Fsp3) is 0.316. The Bertz CT molecular complexity index is 925. The Hall–Kier alpha value is -2.89. The van der Waals surface area contributed by atoms with Gasteiger partial charge < -0.3 is 15.2 Å². The first-order chi connectivity index (χ1) is 12.1. The maximum atomic E-state index is 12.3. The quantitative estimate of drug-likeness (QED) is 0.418. The Morgan fingerprint density at radius 2 is 1.80 bits per heavy atom. The van der Waals surface area contributed by atoms with Crippen LogP contribution in [0.5, 0.6) is 5.75 Å². The number of rotatable bonds is 6. The lowest BCUT2D eigenvalue weighted by Crippen LogP contribution is -2.07. The minimum atomic E-state index is -0.390. The molecule has 0 radical (unpaired) electrons. The van der Waals surface area contributed by atoms with Crippen LogP contribution in [0.25, 0.3) is 22.1 Å². The highest BCUT2D eigenvalue weighted by atomic mass is 16.5. The number of anilines is 1. The summed E-state index contributed by atoms with van der Waals surface area (Å²) in [6.45, 7) is 4.93. The van der Waals surface area contributed by atoms with Gasteiger partial charge in [0.2, 0.25) is 0 Å². The van der Waals surface area contributed by atoms with Crippen LogP contribution in [0.3, 0.4) is 0 Å². The van der Waals surface area contributed by atoms with Gasteiger partial charge in [-0.2, -0.15) is 0 Å². The minimum Gasteiger partial charge on any atom is -0.491 e. The molecular weight excluding hydrogens is 318 g/mol. The molecule has 2 N–H and O–H groups in total. The van der Waals surface area contributed by atoms with Crippen molar-refractivity contribution in [2.45, 2.75) is 26.7 Å². The van der Waals surface area contributed by atoms with E-state index in [2.05, 4.69) is 9.97 Å². The van der Waals surface area contributed by atoms with E-state index in [0.29, 0.717) is 52.3 Å². The van der Waals surface area contributed by atoms with E-state index in [9.17, 15) is 4.79 Å². The Morgan fingerprint density at radius 1 is 1.04 bits per heavy atom. The van der Waals surface area contributed by atoms with E-state index < -0.39 is 0 Å². The molecule has 1 heterocycles. The molecule has 0 amide bonds. The van der Waals surface area contributed by atoms with E-state index in [1.807, 2.05) is 19.9 Å². The number of aromatic nitrogens is 2. The fourth-order valence-corrected chi connectivity index (χ4v) is 2.52. The van der Waals surface area contributed by atoms with Crippen LogP contribution >= 0.6 is 0 Å². The third-order valence-corrected chi connectivity index (χ3v) is 3.71. The van der Waals surface area contributed by atoms with E-state index in [4.69, 9.17) is 15.2 Å². The van der Waals surface area contributed by atoms with Gasteiger partial charge in [0.05, 0.1) is 41.0 Å². The number of esters is 1. The van der Waals surface area contributed by atoms with Crippen LogP contribution in [0.15, 0.2) is 30.3 Å². The molecule has 0 bridgehead atoms. The second-order valence-corrected chi connectivity index (χ2v) is 5.76. The molecule has 0 atom stereocenters. The molecule has 6 nitrogen and oxygen atoms in total. The summed E-state index contributed by atoms with van der Waals surface area (Å²) in [7, 11) is 0. The van der Waals surface area contributed by atoms with Gasteiger partial charge in [-0.1, -0.05) is 19.9 Å². The van der Waals surface area contributed by atoms with Crippen molar-refractivity contribution in [3.63, 3.8) is 0 Å². The van der Waals surface area contributed by atoms with E-state index in [0.717, 1.165) is 12.8 Å². The van der Waals surface area contributed by atoms with Gasteiger partial charge in [-0.15, -0.1) is 0 Å². The van der Waals surface area contributed by atoms with Crippen LogP contribution in [0.1, 0.15) is 37.0 Å². The van der Waals surface area contributed by atoms with Crippen molar-refractivity contribution in [3.05, 3.63) is 35.9 Å². The molecule has 0 fully saturated rings. The first kappa shape index (κ1) is 17.0. The first-order valence-electron chi connectivity index (χ1n) is 8.44. The second-order valence-electron chi connectivity index (χ2n) is 5.76. The summed E-state index contributed by atoms with van der Waals surface area (Å²) < 4.78 is 10.9. The third-order valence-electron chi connectivity index (χ3n) is 3.71. The van der Waals surface area contributed by atoms with E-state index >= 15 is 0 Å². The van der Waals surface area contributed by atoms with Crippen molar-refractivity contribution in [1.82, 2.24) is 9.97 Å². The average molecular weight is 339 g/mol. The standard InChI is InChI=1S/C19H21N3O3/c1-3-8-24-17-11-16-15(10-13(17)20)21-14-7-5-6-12(18(14)22-16)19(23)25-9-4-2/h5-7,10-11H,3-4,8-9,20H2,1-2H3. The lowest BCUT2D eigenvalue weighted by molar-refractivity contribution is 0.0507. The predicted molar refractivity (Wildman–Crippen MR) is 97.8 cm³/mol. The number of benzene rings is 2. The fourth-order valence-electron chi connectivity index (χ4n) is 2.52. The monoisotopic (exact) mass is 339 g/mol. The molecule has 2 aromatic carbocycles. The van der Waals surface area contributed by atoms with Crippen LogP contribution in [0.4, 0.5) is 5.69 Å². The molecule has 0 aliphatic carbocycles. The van der Waals surface area contributed by atoms with Crippen molar-refractivity contribution in [3.8, 4) is 5.75 Å². The number of ether oxygens (including phenoxy) is 2. The maximum absolute atomic E-state index is 12.3. The molecule has 0 unspecified atom stereocenters. The van der Waals surface area contributed by atoms with Crippen molar-refractivity contribution < 1.29 is 14.3 Å². The summed E-state index contributed by atoms with van der Waals surface area (Å²) in [5.41, 5.74) is 9.40. The Labute approximate surface area is 146 Å². The largest absolute Gasteiger partial charge is 0.491 e. The van der Waals surface area contributed by atoms with E-state index in [1.165, 1.54) is 0 Å². The molecule has 0 aliphatic heterocycles. The molecule has 3 aromatic rings. The molecule has 0 aliphatic rings. The summed E-state index contributed by atoms with van der Waals surface area (Å²) in [6.07, 6.45) is 1.65. The lowest BCUT2D eigenvalue weighted by Gasteiger charge is -2.10. The van der Waals surface area contributed by atoms with Crippen molar-refractivity contribution in [2.75, 3.05) is 18.9 Å². The number of nitrogens with two attached hydrogens (primary N) is 1. The van der Waals surface area contributed by atoms with Gasteiger partial charge in [-0.25, -0.2) is 14.8 Å². The molecule has 1 aromatic heterocycles. The zero-order valence-electron chi connectivity index (χ0n) is 14.4. The topological polar surface area (TPSA) is 87.3 Å². The molecule has 130 valence electrons. The van der Waals surface area contributed by atoms with Crippen molar-refractivity contribution in [2.24, 2.45) is 0 Å². The molecule has 25 heavy (non-hydrogen) atoms. The second kappa shape index (κ2) is 7.34. The number of para-hydroxylation sites is 1. The third kappa shape index (κ3) is 3.47. The lowest BCUT2D eigenvalue weighted by atomic mass is 10.1. The molecule has 0 saturated heterocycles. The van der Waals surface area contributed by atoms with Gasteiger partial charge in [0, 0.05) is 6.07 Å². The van der Waals surface area contributed by atoms with Gasteiger partial charge in [0.25, 0.3) is 0 Å². The normalized spacial score (nSPS) is 11.0. The van der Waals surface area contributed by atoms with E-state index in [-0.39, 0.29) is 5.97 Å². The van der Waals surface area contributed by atoms with Gasteiger partial charge in [-0.3, -0.25) is 0 Å². The van der Waals surface area contributed by atoms with Crippen molar-refractivity contribution in [1.29, 1.82) is 0 Å². The first-order valence-corrected chi connectivity index (χ1v) is 8.44. The van der Waals surface area contributed by atoms with Crippen molar-refractivity contribution >= 4 is 33.7 Å². The van der Waals surface area contributed by atoms with Gasteiger partial charge >= 0.3 is 5.97 Å². The van der Waals surface area contributed by atoms with E-state index in [1.54, 1.807) is 24.3 Å². The molecule has 3 rings (SSSR count). The smallest absolute Gasteiger partial charge is 0.340 e. The Morgan fingerprint density at radius 3 is 2.56 bits per heavy atom. The number of carbonyl (C=O) groups excluding carboxylic acids is 1. The number of nitrogens with zero attached hydrogens (tertiary/aromatic N) is 2. The van der Waals surface area contributed by atoms with Crippen LogP contribution in [0, 0.1) is 0 Å². The molecule has 6 heteroatoms. The number of hydrogen-bond donors (Lipinski definition) is 1. The highest BCUT2D eigenvalue weighted by molar-refractivity contribution is 6.03. The average Bonchev–Trinajstić information content (AvgIpc) is 2.62. The maximum Gasteiger partial charge on any atom is 0.340 e. The summed E-state index contributed by atoms with van der Waals surface area (Å²) in [6, 6.07) is 8.80. The predicted octanol–water partition coefficient (Wildman–Crippen LogP) is 3.72. The molecular formula is C19H21N3O3. The van der Waals surface area contributed by atoms with Gasteiger partial charge in [-0.05, 0) is 31.0 Å². The number of carbonyl (C=O) groups is 1. The number of fused-ring (bicyclic) bond motifs is 2. The molecule has 0 spiro atoms. The summed E-state index contributed by atoms with van der Waals surface area (Å²) >= 11 is 0.